The number of hydrogen-bond donors (Lipinski definition) is 1. The molecule has 3 rings (SSSR count). The van der Waals surface area contributed by atoms with Gasteiger partial charge in [0.1, 0.15) is 0 Å². The van der Waals surface area contributed by atoms with Gasteiger partial charge in [0.15, 0.2) is 5.82 Å². The van der Waals surface area contributed by atoms with E-state index in [1.807, 2.05) is 0 Å². The number of aromatic nitrogens is 2. The minimum absolute atomic E-state index is 0.278. The molecule has 1 N–H and O–H groups in total. The summed E-state index contributed by atoms with van der Waals surface area (Å²) in [4.78, 5) is 4.47. The molecule has 1 aromatic carbocycles. The zero-order valence-corrected chi connectivity index (χ0v) is 10.5. The lowest BCUT2D eigenvalue weighted by Gasteiger charge is -2.01. The van der Waals surface area contributed by atoms with Gasteiger partial charge in [0, 0.05) is 0 Å². The normalized spacial score (nSPS) is 19.3. The molecule has 0 radical (unpaired) electrons. The first-order chi connectivity index (χ1) is 8.81. The predicted molar refractivity (Wildman–Crippen MR) is 68.3 cm³/mol. The van der Waals surface area contributed by atoms with E-state index in [0.29, 0.717) is 12.3 Å². The van der Waals surface area contributed by atoms with Crippen molar-refractivity contribution in [3.8, 4) is 0 Å². The largest absolute Gasteiger partial charge is 0.339 e. The number of hydrogen-bond acceptors (Lipinski definition) is 4. The molecule has 1 aliphatic heterocycles. The summed E-state index contributed by atoms with van der Waals surface area (Å²) < 4.78 is 5.31. The first-order valence-electron chi connectivity index (χ1n) is 6.43. The fourth-order valence-corrected chi connectivity index (χ4v) is 2.27. The summed E-state index contributed by atoms with van der Waals surface area (Å²) in [6.07, 6.45) is 3.00. The minimum atomic E-state index is 0.278. The lowest BCUT2D eigenvalue weighted by Crippen LogP contribution is -2.14. The summed E-state index contributed by atoms with van der Waals surface area (Å²) in [7, 11) is 0. The van der Waals surface area contributed by atoms with Crippen LogP contribution >= 0.6 is 0 Å². The van der Waals surface area contributed by atoms with Crippen LogP contribution in [0.1, 0.15) is 41.7 Å². The Morgan fingerprint density at radius 3 is 2.89 bits per heavy atom. The summed E-state index contributed by atoms with van der Waals surface area (Å²) in [6.45, 7) is 3.13. The second-order valence-electron chi connectivity index (χ2n) is 4.86. The van der Waals surface area contributed by atoms with Gasteiger partial charge in [0.25, 0.3) is 0 Å². The van der Waals surface area contributed by atoms with Crippen LogP contribution in [0.2, 0.25) is 0 Å². The maximum atomic E-state index is 5.31. The summed E-state index contributed by atoms with van der Waals surface area (Å²) in [5.41, 5.74) is 2.47. The van der Waals surface area contributed by atoms with Crippen molar-refractivity contribution in [3.63, 3.8) is 0 Å². The number of rotatable bonds is 3. The van der Waals surface area contributed by atoms with Gasteiger partial charge in [-0.3, -0.25) is 0 Å². The molecule has 1 atom stereocenters. The number of aryl methyl sites for hydroxylation is 1. The Kier molecular flexibility index (Phi) is 3.11. The summed E-state index contributed by atoms with van der Waals surface area (Å²) in [5, 5.41) is 7.44. The molecule has 94 valence electrons. The monoisotopic (exact) mass is 243 g/mol. The van der Waals surface area contributed by atoms with Crippen LogP contribution in [0.25, 0.3) is 0 Å². The Bertz CT molecular complexity index is 512. The lowest BCUT2D eigenvalue weighted by atomic mass is 10.1. The van der Waals surface area contributed by atoms with E-state index in [1.165, 1.54) is 17.5 Å². The topological polar surface area (TPSA) is 51.0 Å². The number of benzene rings is 1. The molecule has 1 aliphatic rings. The molecule has 0 aliphatic carbocycles. The van der Waals surface area contributed by atoms with E-state index < -0.39 is 0 Å². The second kappa shape index (κ2) is 4.90. The van der Waals surface area contributed by atoms with Crippen LogP contribution in [-0.2, 0) is 6.42 Å². The summed E-state index contributed by atoms with van der Waals surface area (Å²) in [5.74, 6) is 1.50. The van der Waals surface area contributed by atoms with E-state index in [9.17, 15) is 0 Å². The van der Waals surface area contributed by atoms with Crippen LogP contribution < -0.4 is 5.32 Å². The third kappa shape index (κ3) is 2.43. The van der Waals surface area contributed by atoms with Crippen LogP contribution in [0.4, 0.5) is 0 Å². The van der Waals surface area contributed by atoms with Gasteiger partial charge in [0.05, 0.1) is 12.5 Å². The average Bonchev–Trinajstić information content (AvgIpc) is 3.02. The average molecular weight is 243 g/mol. The quantitative estimate of drug-likeness (QED) is 0.899. The van der Waals surface area contributed by atoms with Gasteiger partial charge in [-0.05, 0) is 31.9 Å². The highest BCUT2D eigenvalue weighted by molar-refractivity contribution is 5.23. The molecule has 4 nitrogen and oxygen atoms in total. The molecule has 2 aromatic rings. The zero-order valence-electron chi connectivity index (χ0n) is 10.5. The molecule has 2 heterocycles. The van der Waals surface area contributed by atoms with Gasteiger partial charge >= 0.3 is 0 Å². The molecule has 0 bridgehead atoms. The van der Waals surface area contributed by atoms with E-state index in [4.69, 9.17) is 4.52 Å². The zero-order chi connectivity index (χ0) is 12.4. The highest BCUT2D eigenvalue weighted by Crippen LogP contribution is 2.20. The van der Waals surface area contributed by atoms with Gasteiger partial charge in [-0.15, -0.1) is 0 Å². The van der Waals surface area contributed by atoms with Crippen molar-refractivity contribution < 1.29 is 4.52 Å². The standard InChI is InChI=1S/C14H17N3O/c1-10-4-6-11(7-5-10)9-13-16-14(17-18-13)12-3-2-8-15-12/h4-7,12,15H,2-3,8-9H2,1H3. The fraction of sp³-hybridized carbons (Fsp3) is 0.429. The van der Waals surface area contributed by atoms with Crippen molar-refractivity contribution in [2.45, 2.75) is 32.2 Å². The van der Waals surface area contributed by atoms with E-state index in [2.05, 4.69) is 46.6 Å². The maximum absolute atomic E-state index is 5.31. The van der Waals surface area contributed by atoms with Crippen molar-refractivity contribution >= 4 is 0 Å². The molecule has 1 fully saturated rings. The first kappa shape index (κ1) is 11.4. The fourth-order valence-electron chi connectivity index (χ4n) is 2.27. The Labute approximate surface area is 106 Å². The maximum Gasteiger partial charge on any atom is 0.231 e. The molecule has 1 unspecified atom stereocenters. The van der Waals surface area contributed by atoms with Gasteiger partial charge in [-0.2, -0.15) is 4.98 Å². The van der Waals surface area contributed by atoms with Crippen LogP contribution in [0.3, 0.4) is 0 Å². The molecule has 4 heteroatoms. The molecule has 0 saturated carbocycles. The van der Waals surface area contributed by atoms with Gasteiger partial charge in [-0.25, -0.2) is 0 Å². The SMILES string of the molecule is Cc1ccc(Cc2nc(C3CCCN3)no2)cc1. The van der Waals surface area contributed by atoms with Gasteiger partial charge in [0.2, 0.25) is 5.89 Å². The third-order valence-corrected chi connectivity index (χ3v) is 3.33. The molecule has 1 saturated heterocycles. The van der Waals surface area contributed by atoms with Crippen molar-refractivity contribution in [2.24, 2.45) is 0 Å². The Hall–Kier alpha value is -1.68. The predicted octanol–water partition coefficient (Wildman–Crippen LogP) is 2.39. The minimum Gasteiger partial charge on any atom is -0.339 e. The van der Waals surface area contributed by atoms with Crippen LogP contribution in [0.5, 0.6) is 0 Å². The Balaban J connectivity index is 1.71. The van der Waals surface area contributed by atoms with Crippen LogP contribution in [0.15, 0.2) is 28.8 Å². The highest BCUT2D eigenvalue weighted by Gasteiger charge is 2.21. The third-order valence-electron chi connectivity index (χ3n) is 3.33. The van der Waals surface area contributed by atoms with Crippen LogP contribution in [0, 0.1) is 6.92 Å². The summed E-state index contributed by atoms with van der Waals surface area (Å²) in [6, 6.07) is 8.69. The van der Waals surface area contributed by atoms with Gasteiger partial charge < -0.3 is 9.84 Å². The number of nitrogens with zero attached hydrogens (tertiary/aromatic N) is 2. The molecule has 0 spiro atoms. The first-order valence-corrected chi connectivity index (χ1v) is 6.43. The summed E-state index contributed by atoms with van der Waals surface area (Å²) >= 11 is 0. The molecule has 1 aromatic heterocycles. The van der Waals surface area contributed by atoms with E-state index >= 15 is 0 Å². The van der Waals surface area contributed by atoms with Crippen molar-refractivity contribution in [3.05, 3.63) is 47.1 Å². The van der Waals surface area contributed by atoms with E-state index in [1.54, 1.807) is 0 Å². The molecule has 18 heavy (non-hydrogen) atoms. The van der Waals surface area contributed by atoms with E-state index in [-0.39, 0.29) is 6.04 Å². The van der Waals surface area contributed by atoms with Crippen molar-refractivity contribution in [1.82, 2.24) is 15.5 Å². The van der Waals surface area contributed by atoms with E-state index in [0.717, 1.165) is 18.8 Å². The Morgan fingerprint density at radius 1 is 1.33 bits per heavy atom. The van der Waals surface area contributed by atoms with Crippen molar-refractivity contribution in [2.75, 3.05) is 6.54 Å². The second-order valence-corrected chi connectivity index (χ2v) is 4.86. The smallest absolute Gasteiger partial charge is 0.231 e. The molecule has 0 amide bonds. The van der Waals surface area contributed by atoms with Crippen LogP contribution in [-0.4, -0.2) is 16.7 Å². The Morgan fingerprint density at radius 2 is 2.17 bits per heavy atom. The number of nitrogens with one attached hydrogen (secondary N) is 1. The lowest BCUT2D eigenvalue weighted by molar-refractivity contribution is 0.373. The molecular weight excluding hydrogens is 226 g/mol. The van der Waals surface area contributed by atoms with Crippen molar-refractivity contribution in [1.29, 1.82) is 0 Å². The van der Waals surface area contributed by atoms with Gasteiger partial charge in [-0.1, -0.05) is 35.0 Å². The molecular formula is C14H17N3O. The highest BCUT2D eigenvalue weighted by atomic mass is 16.5.